The summed E-state index contributed by atoms with van der Waals surface area (Å²) in [4.78, 5) is 0. The minimum atomic E-state index is -0.251. The molecule has 0 atom stereocenters. The predicted molar refractivity (Wildman–Crippen MR) is 77.5 cm³/mol. The van der Waals surface area contributed by atoms with E-state index in [0.717, 1.165) is 11.1 Å². The molecule has 5 heteroatoms. The zero-order chi connectivity index (χ0) is 14.1. The number of benzene rings is 1. The zero-order valence-electron chi connectivity index (χ0n) is 10.9. The number of pyridine rings is 1. The Kier molecular flexibility index (Phi) is 2.95. The average Bonchev–Trinajstić information content (AvgIpc) is 2.81. The van der Waals surface area contributed by atoms with Crippen LogP contribution in [0.4, 0.5) is 10.1 Å². The molecule has 0 spiro atoms. The van der Waals surface area contributed by atoms with Gasteiger partial charge in [-0.25, -0.2) is 4.39 Å². The van der Waals surface area contributed by atoms with Crippen LogP contribution in [0.15, 0.2) is 36.5 Å². The summed E-state index contributed by atoms with van der Waals surface area (Å²) in [7, 11) is 0. The number of nitrogens with zero attached hydrogens (tertiary/aromatic N) is 3. The number of nitrogens with two attached hydrogens (primary N) is 1. The molecular formula is C15H13FN4. The molecule has 2 aromatic heterocycles. The summed E-state index contributed by atoms with van der Waals surface area (Å²) in [5, 5.41) is 8.16. The van der Waals surface area contributed by atoms with Crippen LogP contribution in [0.1, 0.15) is 17.0 Å². The van der Waals surface area contributed by atoms with Crippen LogP contribution in [0, 0.1) is 12.7 Å². The van der Waals surface area contributed by atoms with Crippen LogP contribution in [0.5, 0.6) is 0 Å². The monoisotopic (exact) mass is 268 g/mol. The van der Waals surface area contributed by atoms with E-state index in [0.29, 0.717) is 17.2 Å². The third-order valence-corrected chi connectivity index (χ3v) is 2.99. The number of halogens is 1. The Bertz CT molecular complexity index is 787. The van der Waals surface area contributed by atoms with Crippen molar-refractivity contribution in [3.8, 4) is 0 Å². The predicted octanol–water partition coefficient (Wildman–Crippen LogP) is 2.93. The number of hydrogen-bond acceptors (Lipinski definition) is 3. The highest BCUT2D eigenvalue weighted by Gasteiger charge is 2.06. The maximum atomic E-state index is 12.8. The second kappa shape index (κ2) is 4.77. The van der Waals surface area contributed by atoms with Gasteiger partial charge in [-0.15, -0.1) is 10.2 Å². The van der Waals surface area contributed by atoms with Crippen LogP contribution in [0.3, 0.4) is 0 Å². The molecule has 0 unspecified atom stereocenters. The van der Waals surface area contributed by atoms with E-state index in [4.69, 9.17) is 5.73 Å². The molecule has 4 nitrogen and oxygen atoms in total. The number of rotatable bonds is 2. The van der Waals surface area contributed by atoms with Gasteiger partial charge in [-0.3, -0.25) is 4.40 Å². The van der Waals surface area contributed by atoms with Crippen molar-refractivity contribution in [3.63, 3.8) is 0 Å². The van der Waals surface area contributed by atoms with E-state index in [1.807, 2.05) is 35.7 Å². The number of fused-ring (bicyclic) bond motifs is 1. The van der Waals surface area contributed by atoms with Crippen LogP contribution in [0.2, 0.25) is 0 Å². The van der Waals surface area contributed by atoms with Crippen molar-refractivity contribution >= 4 is 23.5 Å². The largest absolute Gasteiger partial charge is 0.396 e. The fraction of sp³-hybridized carbons (Fsp3) is 0.0667. The van der Waals surface area contributed by atoms with Gasteiger partial charge in [0.1, 0.15) is 5.82 Å². The van der Waals surface area contributed by atoms with Gasteiger partial charge in [0.05, 0.1) is 5.69 Å². The van der Waals surface area contributed by atoms with Gasteiger partial charge in [0.2, 0.25) is 0 Å². The Hall–Kier alpha value is -2.69. The maximum Gasteiger partial charge on any atom is 0.184 e. The quantitative estimate of drug-likeness (QED) is 0.777. The van der Waals surface area contributed by atoms with Crippen LogP contribution < -0.4 is 5.73 Å². The van der Waals surface area contributed by atoms with Crippen LogP contribution in [0.25, 0.3) is 17.8 Å². The van der Waals surface area contributed by atoms with Gasteiger partial charge < -0.3 is 5.73 Å². The third-order valence-electron chi connectivity index (χ3n) is 2.99. The molecular weight excluding hydrogens is 255 g/mol. The van der Waals surface area contributed by atoms with Crippen molar-refractivity contribution in [1.29, 1.82) is 0 Å². The number of nitrogen functional groups attached to an aromatic ring is 1. The summed E-state index contributed by atoms with van der Waals surface area (Å²) < 4.78 is 14.7. The normalized spacial score (nSPS) is 11.5. The summed E-state index contributed by atoms with van der Waals surface area (Å²) in [6, 6.07) is 8.11. The molecule has 0 radical (unpaired) electrons. The molecule has 0 saturated heterocycles. The molecule has 2 heterocycles. The molecule has 0 aliphatic heterocycles. The first-order valence-electron chi connectivity index (χ1n) is 6.18. The lowest BCUT2D eigenvalue weighted by atomic mass is 10.2. The number of aryl methyl sites for hydroxylation is 1. The molecule has 0 amide bonds. The Morgan fingerprint density at radius 2 is 1.90 bits per heavy atom. The van der Waals surface area contributed by atoms with Crippen molar-refractivity contribution in [3.05, 3.63) is 59.3 Å². The Balaban J connectivity index is 2.00. The smallest absolute Gasteiger partial charge is 0.184 e. The fourth-order valence-corrected chi connectivity index (χ4v) is 2.04. The first-order chi connectivity index (χ1) is 9.63. The van der Waals surface area contributed by atoms with Crippen molar-refractivity contribution in [2.24, 2.45) is 0 Å². The highest BCUT2D eigenvalue weighted by atomic mass is 19.1. The number of aromatic nitrogens is 3. The van der Waals surface area contributed by atoms with E-state index in [-0.39, 0.29) is 5.82 Å². The lowest BCUT2D eigenvalue weighted by molar-refractivity contribution is 0.628. The van der Waals surface area contributed by atoms with Crippen molar-refractivity contribution < 1.29 is 4.39 Å². The Morgan fingerprint density at radius 3 is 2.65 bits per heavy atom. The summed E-state index contributed by atoms with van der Waals surface area (Å²) in [5.41, 5.74) is 9.06. The summed E-state index contributed by atoms with van der Waals surface area (Å²) >= 11 is 0. The highest BCUT2D eigenvalue weighted by molar-refractivity contribution is 5.71. The van der Waals surface area contributed by atoms with Crippen molar-refractivity contribution in [2.45, 2.75) is 6.92 Å². The average molecular weight is 268 g/mol. The van der Waals surface area contributed by atoms with E-state index in [9.17, 15) is 4.39 Å². The zero-order valence-corrected chi connectivity index (χ0v) is 10.9. The molecule has 0 aliphatic rings. The van der Waals surface area contributed by atoms with E-state index in [1.54, 1.807) is 12.1 Å². The van der Waals surface area contributed by atoms with Gasteiger partial charge in [-0.2, -0.15) is 0 Å². The van der Waals surface area contributed by atoms with Crippen LogP contribution in [-0.4, -0.2) is 14.6 Å². The van der Waals surface area contributed by atoms with Gasteiger partial charge in [-0.05, 0) is 42.3 Å². The standard InChI is InChI=1S/C15H13FN4/c1-10-8-13(17)15-19-18-14(20(15)9-10)7-4-11-2-5-12(16)6-3-11/h2-9H,17H2,1H3/b7-4+. The van der Waals surface area contributed by atoms with Gasteiger partial charge in [0, 0.05) is 6.20 Å². The summed E-state index contributed by atoms with van der Waals surface area (Å²) in [6.45, 7) is 1.96. The minimum absolute atomic E-state index is 0.251. The molecule has 1 aromatic carbocycles. The second-order valence-corrected chi connectivity index (χ2v) is 4.61. The molecule has 0 saturated carbocycles. The van der Waals surface area contributed by atoms with Gasteiger partial charge in [0.25, 0.3) is 0 Å². The number of hydrogen-bond donors (Lipinski definition) is 1. The van der Waals surface area contributed by atoms with Crippen LogP contribution >= 0.6 is 0 Å². The molecule has 100 valence electrons. The fourth-order valence-electron chi connectivity index (χ4n) is 2.04. The van der Waals surface area contributed by atoms with E-state index < -0.39 is 0 Å². The van der Waals surface area contributed by atoms with Gasteiger partial charge in [-0.1, -0.05) is 18.2 Å². The molecule has 0 fully saturated rings. The van der Waals surface area contributed by atoms with Gasteiger partial charge >= 0.3 is 0 Å². The van der Waals surface area contributed by atoms with Crippen molar-refractivity contribution in [2.75, 3.05) is 5.73 Å². The van der Waals surface area contributed by atoms with E-state index in [2.05, 4.69) is 10.2 Å². The van der Waals surface area contributed by atoms with E-state index >= 15 is 0 Å². The molecule has 3 rings (SSSR count). The maximum absolute atomic E-state index is 12.8. The first kappa shape index (κ1) is 12.3. The summed E-state index contributed by atoms with van der Waals surface area (Å²) in [5.74, 6) is 0.429. The SMILES string of the molecule is Cc1cc(N)c2nnc(/C=C/c3ccc(F)cc3)n2c1. The topological polar surface area (TPSA) is 56.2 Å². The molecule has 0 bridgehead atoms. The van der Waals surface area contributed by atoms with Crippen LogP contribution in [-0.2, 0) is 0 Å². The first-order valence-corrected chi connectivity index (χ1v) is 6.18. The Labute approximate surface area is 115 Å². The minimum Gasteiger partial charge on any atom is -0.396 e. The molecule has 20 heavy (non-hydrogen) atoms. The molecule has 0 aliphatic carbocycles. The third kappa shape index (κ3) is 2.25. The molecule has 3 aromatic rings. The lowest BCUT2D eigenvalue weighted by Gasteiger charge is -2.00. The second-order valence-electron chi connectivity index (χ2n) is 4.61. The summed E-state index contributed by atoms with van der Waals surface area (Å²) in [6.07, 6.45) is 5.61. The highest BCUT2D eigenvalue weighted by Crippen LogP contribution is 2.16. The van der Waals surface area contributed by atoms with Gasteiger partial charge in [0.15, 0.2) is 11.5 Å². The van der Waals surface area contributed by atoms with Crippen molar-refractivity contribution in [1.82, 2.24) is 14.6 Å². The van der Waals surface area contributed by atoms with E-state index in [1.165, 1.54) is 12.1 Å². The number of anilines is 1. The Morgan fingerprint density at radius 1 is 1.15 bits per heavy atom. The lowest BCUT2D eigenvalue weighted by Crippen LogP contribution is -1.95. The molecule has 2 N–H and O–H groups in total.